The van der Waals surface area contributed by atoms with E-state index < -0.39 is 0 Å². The molecule has 108 valence electrons. The Morgan fingerprint density at radius 3 is 2.90 bits per heavy atom. The predicted octanol–water partition coefficient (Wildman–Crippen LogP) is 2.55. The second-order valence-corrected chi connectivity index (χ2v) is 5.97. The van der Waals surface area contributed by atoms with Crippen LogP contribution in [-0.2, 0) is 13.5 Å². The molecule has 0 radical (unpaired) electrons. The summed E-state index contributed by atoms with van der Waals surface area (Å²) in [5.74, 6) is 2.25. The van der Waals surface area contributed by atoms with Crippen molar-refractivity contribution in [2.24, 2.45) is 12.0 Å². The lowest BCUT2D eigenvalue weighted by Gasteiger charge is -2.27. The van der Waals surface area contributed by atoms with Gasteiger partial charge >= 0.3 is 0 Å². The number of benzene rings is 1. The maximum atomic E-state index is 4.90. The highest BCUT2D eigenvalue weighted by Gasteiger charge is 2.33. The Balaban J connectivity index is 1.66. The van der Waals surface area contributed by atoms with Gasteiger partial charge in [0.1, 0.15) is 11.7 Å². The summed E-state index contributed by atoms with van der Waals surface area (Å²) in [5.41, 5.74) is 2.25. The highest BCUT2D eigenvalue weighted by Crippen LogP contribution is 2.27. The Morgan fingerprint density at radius 2 is 2.10 bits per heavy atom. The first-order chi connectivity index (χ1) is 10.2. The molecular formula is C17H20N4. The summed E-state index contributed by atoms with van der Waals surface area (Å²) in [7, 11) is 4.26. The van der Waals surface area contributed by atoms with Gasteiger partial charge in [-0.05, 0) is 25.0 Å². The van der Waals surface area contributed by atoms with Gasteiger partial charge in [0, 0.05) is 14.1 Å². The van der Waals surface area contributed by atoms with E-state index in [-0.39, 0.29) is 0 Å². The zero-order chi connectivity index (χ0) is 14.4. The van der Waals surface area contributed by atoms with E-state index in [1.54, 1.807) is 0 Å². The number of aryl methyl sites for hydroxylation is 1. The summed E-state index contributed by atoms with van der Waals surface area (Å²) in [6.45, 7) is 0. The largest absolute Gasteiger partial charge is 0.358 e. The van der Waals surface area contributed by atoms with Crippen LogP contribution in [0.5, 0.6) is 0 Å². The van der Waals surface area contributed by atoms with Crippen LogP contribution < -0.4 is 0 Å². The minimum atomic E-state index is 0.341. The van der Waals surface area contributed by atoms with E-state index >= 15 is 0 Å². The van der Waals surface area contributed by atoms with Crippen molar-refractivity contribution in [3.05, 3.63) is 42.2 Å². The van der Waals surface area contributed by atoms with E-state index in [1.165, 1.54) is 18.4 Å². The van der Waals surface area contributed by atoms with Crippen molar-refractivity contribution in [2.75, 3.05) is 7.05 Å². The average Bonchev–Trinajstić information content (AvgIpc) is 2.99. The van der Waals surface area contributed by atoms with Crippen LogP contribution in [-0.4, -0.2) is 39.4 Å². The third-order valence-electron chi connectivity index (χ3n) is 4.76. The molecular weight excluding hydrogens is 260 g/mol. The van der Waals surface area contributed by atoms with Crippen LogP contribution in [0.15, 0.2) is 41.4 Å². The van der Waals surface area contributed by atoms with Crippen LogP contribution in [0.2, 0.25) is 0 Å². The SMILES string of the molecule is CN1C(Cc2nc3ccccc3n2C)=NC2C=CCCC21. The molecule has 0 spiro atoms. The number of aliphatic imine (C=N–C) groups is 1. The topological polar surface area (TPSA) is 33.4 Å². The monoisotopic (exact) mass is 280 g/mol. The highest BCUT2D eigenvalue weighted by atomic mass is 15.3. The smallest absolute Gasteiger partial charge is 0.117 e. The first-order valence-corrected chi connectivity index (χ1v) is 7.60. The number of para-hydroxylation sites is 2. The molecule has 0 saturated carbocycles. The minimum absolute atomic E-state index is 0.341. The number of hydrogen-bond donors (Lipinski definition) is 0. The first-order valence-electron chi connectivity index (χ1n) is 7.60. The fraction of sp³-hybridized carbons (Fsp3) is 0.412. The number of allylic oxidation sites excluding steroid dienone is 1. The maximum absolute atomic E-state index is 4.90. The molecule has 1 aliphatic carbocycles. The van der Waals surface area contributed by atoms with Gasteiger partial charge in [0.15, 0.2) is 0 Å². The van der Waals surface area contributed by atoms with Crippen molar-refractivity contribution in [3.63, 3.8) is 0 Å². The summed E-state index contributed by atoms with van der Waals surface area (Å²) in [4.78, 5) is 12.0. The van der Waals surface area contributed by atoms with Crippen molar-refractivity contribution < 1.29 is 0 Å². The Kier molecular flexibility index (Phi) is 2.84. The third kappa shape index (κ3) is 1.97. The number of hydrogen-bond acceptors (Lipinski definition) is 3. The van der Waals surface area contributed by atoms with E-state index in [4.69, 9.17) is 9.98 Å². The van der Waals surface area contributed by atoms with Crippen molar-refractivity contribution in [1.29, 1.82) is 0 Å². The molecule has 0 fully saturated rings. The van der Waals surface area contributed by atoms with Gasteiger partial charge in [-0.25, -0.2) is 4.98 Å². The molecule has 4 heteroatoms. The standard InChI is InChI=1S/C17H20N4/c1-20-14-9-5-3-7-12(14)18-16(20)11-17-19-13-8-4-6-10-15(13)21(17)2/h3-5,7-9,13,15H,6,10-11H2,1-2H3. The van der Waals surface area contributed by atoms with Crippen LogP contribution in [0.3, 0.4) is 0 Å². The molecule has 2 aliphatic rings. The van der Waals surface area contributed by atoms with Crippen molar-refractivity contribution in [2.45, 2.75) is 31.3 Å². The minimum Gasteiger partial charge on any atom is -0.358 e. The fourth-order valence-electron chi connectivity index (χ4n) is 3.47. The average molecular weight is 280 g/mol. The number of rotatable bonds is 2. The van der Waals surface area contributed by atoms with Crippen molar-refractivity contribution in [1.82, 2.24) is 14.5 Å². The van der Waals surface area contributed by atoms with Gasteiger partial charge in [0.25, 0.3) is 0 Å². The van der Waals surface area contributed by atoms with E-state index in [0.717, 1.165) is 23.6 Å². The fourth-order valence-corrected chi connectivity index (χ4v) is 3.47. The number of imidazole rings is 1. The van der Waals surface area contributed by atoms with E-state index in [2.05, 4.69) is 53.9 Å². The molecule has 4 nitrogen and oxygen atoms in total. The highest BCUT2D eigenvalue weighted by molar-refractivity contribution is 5.87. The molecule has 2 unspecified atom stereocenters. The van der Waals surface area contributed by atoms with Crippen LogP contribution in [0.4, 0.5) is 0 Å². The summed E-state index contributed by atoms with van der Waals surface area (Å²) < 4.78 is 2.18. The lowest BCUT2D eigenvalue weighted by molar-refractivity contribution is 0.344. The molecule has 1 aromatic heterocycles. The van der Waals surface area contributed by atoms with Crippen molar-refractivity contribution in [3.8, 4) is 0 Å². The number of fused-ring (bicyclic) bond motifs is 2. The Labute approximate surface area is 124 Å². The number of nitrogens with zero attached hydrogens (tertiary/aromatic N) is 4. The summed E-state index contributed by atoms with van der Waals surface area (Å²) >= 11 is 0. The second kappa shape index (κ2) is 4.72. The third-order valence-corrected chi connectivity index (χ3v) is 4.76. The molecule has 21 heavy (non-hydrogen) atoms. The summed E-state index contributed by atoms with van der Waals surface area (Å²) in [6, 6.07) is 9.17. The molecule has 0 N–H and O–H groups in total. The van der Waals surface area contributed by atoms with Gasteiger partial charge in [-0.3, -0.25) is 4.99 Å². The Morgan fingerprint density at radius 1 is 1.24 bits per heavy atom. The second-order valence-electron chi connectivity index (χ2n) is 5.97. The number of aromatic nitrogens is 2. The lowest BCUT2D eigenvalue weighted by Crippen LogP contribution is -2.37. The van der Waals surface area contributed by atoms with Crippen molar-refractivity contribution >= 4 is 16.9 Å². The van der Waals surface area contributed by atoms with Crippen LogP contribution in [0, 0.1) is 0 Å². The molecule has 4 rings (SSSR count). The molecule has 0 saturated heterocycles. The first kappa shape index (κ1) is 12.6. The van der Waals surface area contributed by atoms with Gasteiger partial charge in [0.05, 0.1) is 29.5 Å². The Hall–Kier alpha value is -2.10. The maximum Gasteiger partial charge on any atom is 0.117 e. The van der Waals surface area contributed by atoms with Crippen LogP contribution in [0.25, 0.3) is 11.0 Å². The molecule has 1 aromatic carbocycles. The molecule has 0 bridgehead atoms. The van der Waals surface area contributed by atoms with Gasteiger partial charge in [-0.1, -0.05) is 24.3 Å². The summed E-state index contributed by atoms with van der Waals surface area (Å²) in [6.07, 6.45) is 7.69. The van der Waals surface area contributed by atoms with Crippen LogP contribution in [0.1, 0.15) is 18.7 Å². The van der Waals surface area contributed by atoms with E-state index in [9.17, 15) is 0 Å². The molecule has 2 aromatic rings. The zero-order valence-electron chi connectivity index (χ0n) is 12.5. The lowest BCUT2D eigenvalue weighted by atomic mass is 9.97. The number of likely N-dealkylation sites (N-methyl/N-ethyl adjacent to an activating group) is 1. The van der Waals surface area contributed by atoms with Gasteiger partial charge < -0.3 is 9.47 Å². The molecule has 2 heterocycles. The zero-order valence-corrected chi connectivity index (χ0v) is 12.5. The number of amidine groups is 1. The van der Waals surface area contributed by atoms with E-state index in [0.29, 0.717) is 12.1 Å². The quantitative estimate of drug-likeness (QED) is 0.792. The van der Waals surface area contributed by atoms with Gasteiger partial charge in [-0.15, -0.1) is 0 Å². The summed E-state index contributed by atoms with van der Waals surface area (Å²) in [5, 5.41) is 0. The normalized spacial score (nSPS) is 24.5. The Bertz CT molecular complexity index is 740. The van der Waals surface area contributed by atoms with Gasteiger partial charge in [0.2, 0.25) is 0 Å². The van der Waals surface area contributed by atoms with Crippen LogP contribution >= 0.6 is 0 Å². The van der Waals surface area contributed by atoms with E-state index in [1.807, 2.05) is 6.07 Å². The van der Waals surface area contributed by atoms with Gasteiger partial charge in [-0.2, -0.15) is 0 Å². The molecule has 1 aliphatic heterocycles. The predicted molar refractivity (Wildman–Crippen MR) is 85.6 cm³/mol. The molecule has 2 atom stereocenters. The molecule has 0 amide bonds.